The first-order valence-corrected chi connectivity index (χ1v) is 13.4. The zero-order valence-corrected chi connectivity index (χ0v) is 22.9. The smallest absolute Gasteiger partial charge is 0.270 e. The van der Waals surface area contributed by atoms with Crippen LogP contribution < -0.4 is 5.56 Å². The molecule has 1 amide bonds. The number of fused-ring (bicyclic) bond motifs is 1. The molecule has 4 rings (SSSR count). The number of carbonyl (C=O) groups excluding carboxylic acids is 1. The molecule has 0 bridgehead atoms. The second-order valence-corrected chi connectivity index (χ2v) is 9.96. The van der Waals surface area contributed by atoms with Crippen molar-refractivity contribution in [3.05, 3.63) is 110 Å². The Hall–Kier alpha value is -4.33. The minimum absolute atomic E-state index is 0.143. The lowest BCUT2D eigenvalue weighted by Gasteiger charge is -2.31. The number of aromatic nitrogens is 2. The van der Waals surface area contributed by atoms with Crippen molar-refractivity contribution >= 4 is 22.5 Å². The number of amides is 1. The molecule has 1 heterocycles. The molecular formula is C31H34N4O4. The van der Waals surface area contributed by atoms with E-state index in [0.29, 0.717) is 29.0 Å². The fraction of sp³-hybridized carbons (Fsp3) is 0.323. The Kier molecular flexibility index (Phi) is 8.54. The van der Waals surface area contributed by atoms with Gasteiger partial charge in [0.05, 0.1) is 27.6 Å². The fourth-order valence-electron chi connectivity index (χ4n) is 4.86. The molecule has 0 aliphatic carbocycles. The first-order valence-electron chi connectivity index (χ1n) is 13.4. The Balaban J connectivity index is 1.89. The number of non-ortho nitro benzene ring substituents is 1. The van der Waals surface area contributed by atoms with E-state index in [2.05, 4.69) is 6.92 Å². The van der Waals surface area contributed by atoms with Crippen LogP contribution in [-0.2, 0) is 0 Å². The lowest BCUT2D eigenvalue weighted by Crippen LogP contribution is -2.38. The molecule has 0 spiro atoms. The summed E-state index contributed by atoms with van der Waals surface area (Å²) >= 11 is 0. The number of carbonyl (C=O) groups is 1. The summed E-state index contributed by atoms with van der Waals surface area (Å²) in [6.45, 7) is 8.33. The van der Waals surface area contributed by atoms with Gasteiger partial charge in [0, 0.05) is 24.2 Å². The predicted molar refractivity (Wildman–Crippen MR) is 154 cm³/mol. The lowest BCUT2D eigenvalue weighted by molar-refractivity contribution is -0.384. The summed E-state index contributed by atoms with van der Waals surface area (Å²) in [4.78, 5) is 45.4. The van der Waals surface area contributed by atoms with Crippen molar-refractivity contribution in [2.75, 3.05) is 6.54 Å². The van der Waals surface area contributed by atoms with Gasteiger partial charge in [0.25, 0.3) is 17.2 Å². The van der Waals surface area contributed by atoms with Gasteiger partial charge in [-0.05, 0) is 62.6 Å². The first kappa shape index (κ1) is 27.7. The Morgan fingerprint density at radius 1 is 1.03 bits per heavy atom. The Morgan fingerprint density at radius 2 is 1.79 bits per heavy atom. The van der Waals surface area contributed by atoms with Crippen LogP contribution in [0.5, 0.6) is 0 Å². The normalized spacial score (nSPS) is 11.9. The number of aryl methyl sites for hydroxylation is 2. The van der Waals surface area contributed by atoms with Gasteiger partial charge in [0.2, 0.25) is 0 Å². The van der Waals surface area contributed by atoms with Crippen LogP contribution in [0, 0.1) is 24.0 Å². The first-order chi connectivity index (χ1) is 18.7. The Labute approximate surface area is 228 Å². The highest BCUT2D eigenvalue weighted by atomic mass is 16.6. The van der Waals surface area contributed by atoms with E-state index >= 15 is 0 Å². The Bertz CT molecular complexity index is 1580. The molecule has 1 unspecified atom stereocenters. The van der Waals surface area contributed by atoms with Gasteiger partial charge >= 0.3 is 0 Å². The van der Waals surface area contributed by atoms with Gasteiger partial charge < -0.3 is 4.90 Å². The van der Waals surface area contributed by atoms with Crippen LogP contribution in [-0.4, -0.2) is 31.8 Å². The van der Waals surface area contributed by atoms with Gasteiger partial charge in [-0.3, -0.25) is 24.3 Å². The predicted octanol–water partition coefficient (Wildman–Crippen LogP) is 6.69. The molecule has 0 saturated heterocycles. The molecule has 0 N–H and O–H groups in total. The molecule has 202 valence electrons. The van der Waals surface area contributed by atoms with Crippen molar-refractivity contribution in [3.63, 3.8) is 0 Å². The van der Waals surface area contributed by atoms with E-state index in [9.17, 15) is 19.7 Å². The third-order valence-corrected chi connectivity index (χ3v) is 7.07. The van der Waals surface area contributed by atoms with E-state index < -0.39 is 11.0 Å². The standard InChI is InChI=1S/C31H34N4O4/c1-5-6-7-10-18-33(30(36)24-12-11-13-25(20-24)35(38)39)23(4)29-32-27-15-9-8-14-26(27)31(37)34(29)28-19-21(2)16-17-22(28)3/h8-9,11-17,19-20,23H,5-7,10,18H2,1-4H3. The average molecular weight is 527 g/mol. The average Bonchev–Trinajstić information content (AvgIpc) is 2.94. The highest BCUT2D eigenvalue weighted by Crippen LogP contribution is 2.27. The van der Waals surface area contributed by atoms with Gasteiger partial charge in [0.1, 0.15) is 5.82 Å². The summed E-state index contributed by atoms with van der Waals surface area (Å²) in [5.74, 6) is 0.110. The molecule has 8 nitrogen and oxygen atoms in total. The van der Waals surface area contributed by atoms with E-state index in [-0.39, 0.29) is 22.7 Å². The molecule has 1 atom stereocenters. The molecular weight excluding hydrogens is 492 g/mol. The highest BCUT2D eigenvalue weighted by molar-refractivity contribution is 5.95. The number of nitro benzene ring substituents is 1. The van der Waals surface area contributed by atoms with Crippen molar-refractivity contribution in [1.82, 2.24) is 14.5 Å². The number of para-hydroxylation sites is 1. The minimum atomic E-state index is -0.587. The van der Waals surface area contributed by atoms with Crippen LogP contribution in [0.2, 0.25) is 0 Å². The van der Waals surface area contributed by atoms with E-state index in [0.717, 1.165) is 36.8 Å². The summed E-state index contributed by atoms with van der Waals surface area (Å²) in [5, 5.41) is 11.9. The molecule has 39 heavy (non-hydrogen) atoms. The summed E-state index contributed by atoms with van der Waals surface area (Å²) < 4.78 is 1.62. The minimum Gasteiger partial charge on any atom is -0.329 e. The fourth-order valence-corrected chi connectivity index (χ4v) is 4.86. The van der Waals surface area contributed by atoms with Crippen LogP contribution in [0.4, 0.5) is 5.69 Å². The van der Waals surface area contributed by atoms with E-state index in [1.807, 2.05) is 51.1 Å². The van der Waals surface area contributed by atoms with Crippen molar-refractivity contribution in [2.45, 2.75) is 59.4 Å². The summed E-state index contributed by atoms with van der Waals surface area (Å²) in [6, 6.07) is 18.3. The second-order valence-electron chi connectivity index (χ2n) is 9.96. The van der Waals surface area contributed by atoms with Crippen LogP contribution in [0.1, 0.15) is 72.9 Å². The Morgan fingerprint density at radius 3 is 2.54 bits per heavy atom. The number of hydrogen-bond donors (Lipinski definition) is 0. The molecule has 3 aromatic carbocycles. The quantitative estimate of drug-likeness (QED) is 0.130. The zero-order chi connectivity index (χ0) is 28.1. The number of unbranched alkanes of at least 4 members (excludes halogenated alkanes) is 3. The number of benzene rings is 3. The molecule has 0 radical (unpaired) electrons. The van der Waals surface area contributed by atoms with Crippen molar-refractivity contribution < 1.29 is 9.72 Å². The van der Waals surface area contributed by atoms with E-state index in [1.54, 1.807) is 27.7 Å². The number of hydrogen-bond acceptors (Lipinski definition) is 5. The zero-order valence-electron chi connectivity index (χ0n) is 22.9. The molecule has 0 saturated carbocycles. The number of rotatable bonds is 10. The summed E-state index contributed by atoms with van der Waals surface area (Å²) in [5.41, 5.74) is 3.06. The van der Waals surface area contributed by atoms with Gasteiger partial charge in [-0.1, -0.05) is 56.5 Å². The van der Waals surface area contributed by atoms with Gasteiger partial charge in [-0.2, -0.15) is 0 Å². The highest BCUT2D eigenvalue weighted by Gasteiger charge is 2.28. The van der Waals surface area contributed by atoms with Gasteiger partial charge in [0.15, 0.2) is 0 Å². The SMILES string of the molecule is CCCCCCN(C(=O)c1cccc([N+](=O)[O-])c1)C(C)c1nc2ccccc2c(=O)n1-c1cc(C)ccc1C. The second kappa shape index (κ2) is 12.0. The van der Waals surface area contributed by atoms with Gasteiger partial charge in [-0.25, -0.2) is 4.98 Å². The summed E-state index contributed by atoms with van der Waals surface area (Å²) in [7, 11) is 0. The van der Waals surface area contributed by atoms with Gasteiger partial charge in [-0.15, -0.1) is 0 Å². The molecule has 0 aliphatic heterocycles. The lowest BCUT2D eigenvalue weighted by atomic mass is 10.1. The molecule has 1 aromatic heterocycles. The monoisotopic (exact) mass is 526 g/mol. The van der Waals surface area contributed by atoms with Crippen LogP contribution in [0.3, 0.4) is 0 Å². The van der Waals surface area contributed by atoms with Crippen molar-refractivity contribution in [1.29, 1.82) is 0 Å². The maximum atomic E-state index is 13.9. The van der Waals surface area contributed by atoms with E-state index in [4.69, 9.17) is 4.98 Å². The molecule has 4 aromatic rings. The van der Waals surface area contributed by atoms with Crippen LogP contribution in [0.25, 0.3) is 16.6 Å². The summed E-state index contributed by atoms with van der Waals surface area (Å²) in [6.07, 6.45) is 3.79. The largest absolute Gasteiger partial charge is 0.329 e. The topological polar surface area (TPSA) is 98.3 Å². The van der Waals surface area contributed by atoms with Crippen molar-refractivity contribution in [2.24, 2.45) is 0 Å². The maximum absolute atomic E-state index is 13.9. The van der Waals surface area contributed by atoms with Crippen LogP contribution >= 0.6 is 0 Å². The molecule has 8 heteroatoms. The van der Waals surface area contributed by atoms with Crippen LogP contribution in [0.15, 0.2) is 71.5 Å². The number of nitro groups is 1. The third-order valence-electron chi connectivity index (χ3n) is 7.07. The van der Waals surface area contributed by atoms with Crippen molar-refractivity contribution in [3.8, 4) is 5.69 Å². The number of nitrogens with zero attached hydrogens (tertiary/aromatic N) is 4. The maximum Gasteiger partial charge on any atom is 0.270 e. The van der Waals surface area contributed by atoms with E-state index in [1.165, 1.54) is 18.2 Å². The third kappa shape index (κ3) is 5.90. The molecule has 0 aliphatic rings. The molecule has 0 fully saturated rings.